The van der Waals surface area contributed by atoms with E-state index in [4.69, 9.17) is 4.98 Å². The first-order chi connectivity index (χ1) is 13.5. The normalized spacial score (nSPS) is 12.2. The Morgan fingerprint density at radius 1 is 1.11 bits per heavy atom. The highest BCUT2D eigenvalue weighted by molar-refractivity contribution is 8.00. The molecular formula is C23H19N3OS. The van der Waals surface area contributed by atoms with Crippen LogP contribution in [-0.4, -0.2) is 14.8 Å². The molecule has 4 nitrogen and oxygen atoms in total. The van der Waals surface area contributed by atoms with E-state index in [1.807, 2.05) is 67.6 Å². The van der Waals surface area contributed by atoms with Crippen molar-refractivity contribution >= 4 is 33.4 Å². The quantitative estimate of drug-likeness (QED) is 0.292. The minimum atomic E-state index is -0.321. The van der Waals surface area contributed by atoms with Crippen molar-refractivity contribution in [1.29, 1.82) is 5.26 Å². The third kappa shape index (κ3) is 3.51. The van der Waals surface area contributed by atoms with Crippen LogP contribution in [0.25, 0.3) is 21.7 Å². The van der Waals surface area contributed by atoms with Gasteiger partial charge in [0.2, 0.25) is 0 Å². The monoisotopic (exact) mass is 385 g/mol. The number of thioether (sulfide) groups is 1. The van der Waals surface area contributed by atoms with Crippen LogP contribution in [0.3, 0.4) is 0 Å². The second kappa shape index (κ2) is 7.49. The van der Waals surface area contributed by atoms with Gasteiger partial charge < -0.3 is 0 Å². The van der Waals surface area contributed by atoms with Gasteiger partial charge in [0, 0.05) is 7.05 Å². The van der Waals surface area contributed by atoms with Crippen LogP contribution in [0, 0.1) is 18.3 Å². The van der Waals surface area contributed by atoms with Gasteiger partial charge in [0.1, 0.15) is 5.25 Å². The number of aromatic nitrogens is 2. The lowest BCUT2D eigenvalue weighted by molar-refractivity contribution is 0.724. The summed E-state index contributed by atoms with van der Waals surface area (Å²) in [5.41, 5.74) is 2.86. The van der Waals surface area contributed by atoms with E-state index in [-0.39, 0.29) is 10.8 Å². The Bertz CT molecular complexity index is 1270. The van der Waals surface area contributed by atoms with Crippen LogP contribution in [0.5, 0.6) is 0 Å². The summed E-state index contributed by atoms with van der Waals surface area (Å²) in [6.07, 6.45) is 0.604. The Morgan fingerprint density at radius 2 is 1.79 bits per heavy atom. The van der Waals surface area contributed by atoms with Crippen molar-refractivity contribution < 1.29 is 0 Å². The first kappa shape index (κ1) is 18.3. The van der Waals surface area contributed by atoms with E-state index in [1.54, 1.807) is 11.6 Å². The van der Waals surface area contributed by atoms with Crippen molar-refractivity contribution in [2.45, 2.75) is 23.8 Å². The van der Waals surface area contributed by atoms with Gasteiger partial charge in [-0.25, -0.2) is 4.98 Å². The summed E-state index contributed by atoms with van der Waals surface area (Å²) in [5.74, 6) is 0. The van der Waals surface area contributed by atoms with Gasteiger partial charge in [0.05, 0.1) is 17.0 Å². The zero-order chi connectivity index (χ0) is 19.7. The average molecular weight is 385 g/mol. The molecule has 0 unspecified atom stereocenters. The molecule has 0 radical (unpaired) electrons. The molecule has 1 aromatic heterocycles. The maximum Gasteiger partial charge on any atom is 0.261 e. The average Bonchev–Trinajstić information content (AvgIpc) is 2.71. The van der Waals surface area contributed by atoms with Gasteiger partial charge in [-0.15, -0.1) is 0 Å². The zero-order valence-electron chi connectivity index (χ0n) is 15.7. The molecule has 0 N–H and O–H groups in total. The topological polar surface area (TPSA) is 58.7 Å². The molecule has 138 valence electrons. The Balaban J connectivity index is 1.72. The van der Waals surface area contributed by atoms with Crippen LogP contribution >= 0.6 is 11.8 Å². The molecule has 0 aliphatic carbocycles. The zero-order valence-corrected chi connectivity index (χ0v) is 16.5. The largest absolute Gasteiger partial charge is 0.290 e. The van der Waals surface area contributed by atoms with Gasteiger partial charge in [-0.2, -0.15) is 5.26 Å². The molecule has 0 aliphatic rings. The van der Waals surface area contributed by atoms with E-state index < -0.39 is 0 Å². The van der Waals surface area contributed by atoms with Crippen molar-refractivity contribution in [2.75, 3.05) is 0 Å². The maximum absolute atomic E-state index is 12.9. The highest BCUT2D eigenvalue weighted by atomic mass is 32.2. The molecule has 0 bridgehead atoms. The minimum absolute atomic E-state index is 0.0923. The molecule has 1 heterocycles. The minimum Gasteiger partial charge on any atom is -0.290 e. The van der Waals surface area contributed by atoms with Crippen molar-refractivity contribution in [3.05, 3.63) is 82.1 Å². The number of aryl methyl sites for hydroxylation is 1. The van der Waals surface area contributed by atoms with E-state index in [2.05, 4.69) is 6.07 Å². The lowest BCUT2D eigenvalue weighted by Crippen LogP contribution is -2.21. The Hall–Kier alpha value is -3.10. The van der Waals surface area contributed by atoms with Crippen LogP contribution in [0.2, 0.25) is 0 Å². The standard InChI is InChI=1S/C23H19N3OS/c1-15-7-9-16(10-8-15)11-19(14-24)28-23-25-21-13-18-6-4-3-5-17(18)12-20(21)22(27)26(23)2/h3-10,12-13,19H,11H2,1-2H3/t19-/m1/s1. The molecule has 28 heavy (non-hydrogen) atoms. The van der Waals surface area contributed by atoms with E-state index in [9.17, 15) is 10.1 Å². The molecule has 0 aliphatic heterocycles. The SMILES string of the molecule is Cc1ccc(C[C@H](C#N)Sc2nc3cc4ccccc4cc3c(=O)n2C)cc1. The molecule has 0 saturated heterocycles. The molecule has 4 rings (SSSR count). The van der Waals surface area contributed by atoms with Gasteiger partial charge in [-0.1, -0.05) is 65.9 Å². The molecule has 5 heteroatoms. The number of hydrogen-bond donors (Lipinski definition) is 0. The van der Waals surface area contributed by atoms with Crippen LogP contribution < -0.4 is 5.56 Å². The Kier molecular flexibility index (Phi) is 4.89. The van der Waals surface area contributed by atoms with E-state index in [0.717, 1.165) is 16.3 Å². The molecule has 4 aromatic rings. The summed E-state index contributed by atoms with van der Waals surface area (Å²) in [6, 6.07) is 22.3. The number of rotatable bonds is 4. The molecule has 0 fully saturated rings. The number of benzene rings is 3. The number of nitriles is 1. The fraction of sp³-hybridized carbons (Fsp3) is 0.174. The van der Waals surface area contributed by atoms with Gasteiger partial charge in [-0.3, -0.25) is 9.36 Å². The number of hydrogen-bond acceptors (Lipinski definition) is 4. The first-order valence-electron chi connectivity index (χ1n) is 9.06. The molecular weight excluding hydrogens is 366 g/mol. The predicted octanol–water partition coefficient (Wildman–Crippen LogP) is 4.62. The van der Waals surface area contributed by atoms with E-state index in [1.165, 1.54) is 17.3 Å². The van der Waals surface area contributed by atoms with Crippen LogP contribution in [0.15, 0.2) is 70.6 Å². The molecule has 1 atom stereocenters. The van der Waals surface area contributed by atoms with Crippen LogP contribution in [-0.2, 0) is 13.5 Å². The second-order valence-corrected chi connectivity index (χ2v) is 8.07. The summed E-state index contributed by atoms with van der Waals surface area (Å²) in [7, 11) is 1.71. The second-order valence-electron chi connectivity index (χ2n) is 6.90. The maximum atomic E-state index is 12.9. The first-order valence-corrected chi connectivity index (χ1v) is 9.94. The van der Waals surface area contributed by atoms with Gasteiger partial charge in [-0.05, 0) is 41.8 Å². The smallest absolute Gasteiger partial charge is 0.261 e. The van der Waals surface area contributed by atoms with E-state index >= 15 is 0 Å². The summed E-state index contributed by atoms with van der Waals surface area (Å²) in [4.78, 5) is 17.6. The van der Waals surface area contributed by atoms with E-state index in [0.29, 0.717) is 22.5 Å². The molecule has 3 aromatic carbocycles. The summed E-state index contributed by atoms with van der Waals surface area (Å²) in [5, 5.41) is 12.5. The van der Waals surface area contributed by atoms with Crippen LogP contribution in [0.1, 0.15) is 11.1 Å². The lowest BCUT2D eigenvalue weighted by Gasteiger charge is -2.13. The van der Waals surface area contributed by atoms with Crippen molar-refractivity contribution in [1.82, 2.24) is 9.55 Å². The number of fused-ring (bicyclic) bond motifs is 2. The summed E-state index contributed by atoms with van der Waals surface area (Å²) >= 11 is 1.34. The van der Waals surface area contributed by atoms with Crippen LogP contribution in [0.4, 0.5) is 0 Å². The molecule has 0 spiro atoms. The Morgan fingerprint density at radius 3 is 2.46 bits per heavy atom. The fourth-order valence-electron chi connectivity index (χ4n) is 3.22. The fourth-order valence-corrected chi connectivity index (χ4v) is 4.20. The van der Waals surface area contributed by atoms with Crippen molar-refractivity contribution in [3.8, 4) is 6.07 Å². The molecule has 0 saturated carbocycles. The Labute approximate surface area is 167 Å². The van der Waals surface area contributed by atoms with Gasteiger partial charge >= 0.3 is 0 Å². The third-order valence-electron chi connectivity index (χ3n) is 4.84. The highest BCUT2D eigenvalue weighted by Gasteiger charge is 2.16. The van der Waals surface area contributed by atoms with Crippen molar-refractivity contribution in [3.63, 3.8) is 0 Å². The highest BCUT2D eigenvalue weighted by Crippen LogP contribution is 2.26. The third-order valence-corrected chi connectivity index (χ3v) is 5.97. The van der Waals surface area contributed by atoms with Crippen molar-refractivity contribution in [2.24, 2.45) is 7.05 Å². The van der Waals surface area contributed by atoms with Gasteiger partial charge in [0.25, 0.3) is 5.56 Å². The van der Waals surface area contributed by atoms with Gasteiger partial charge in [0.15, 0.2) is 5.16 Å². The number of nitrogens with zero attached hydrogens (tertiary/aromatic N) is 3. The lowest BCUT2D eigenvalue weighted by atomic mass is 10.1. The molecule has 0 amide bonds. The summed E-state index contributed by atoms with van der Waals surface area (Å²) < 4.78 is 1.54. The predicted molar refractivity (Wildman–Crippen MR) is 115 cm³/mol. The summed E-state index contributed by atoms with van der Waals surface area (Å²) in [6.45, 7) is 2.04.